The highest BCUT2D eigenvalue weighted by Crippen LogP contribution is 2.36. The molecule has 10 heteroatoms. The maximum atomic E-state index is 13.1. The first-order valence-corrected chi connectivity index (χ1v) is 13.4. The van der Waals surface area contributed by atoms with Crippen LogP contribution in [0.15, 0.2) is 53.4 Å². The van der Waals surface area contributed by atoms with E-state index in [-0.39, 0.29) is 28.2 Å². The molecule has 1 N–H and O–H groups in total. The Morgan fingerprint density at radius 3 is 2.28 bits per heavy atom. The maximum absolute atomic E-state index is 13.1. The van der Waals surface area contributed by atoms with Gasteiger partial charge in [-0.1, -0.05) is 26.0 Å². The standard InChI is InChI=1S/C26H31N3O6S/c1-17-13-18(2)15-28(14-17)36(33,34)20-11-9-19(10-12-20)24(31)35-16-23(30)29-22-8-6-5-7-21(22)27-25(32)26(29,3)4/h5-12,17-18H,13-16H2,1-4H3,(H,27,32)/t17-,18-/m1/s1. The molecule has 1 saturated heterocycles. The lowest BCUT2D eigenvalue weighted by Crippen LogP contribution is -2.59. The molecule has 192 valence electrons. The molecule has 2 amide bonds. The van der Waals surface area contributed by atoms with Gasteiger partial charge in [0.1, 0.15) is 5.54 Å². The summed E-state index contributed by atoms with van der Waals surface area (Å²) in [5, 5.41) is 2.78. The molecule has 1 fully saturated rings. The number of sulfonamides is 1. The molecule has 2 atom stereocenters. The van der Waals surface area contributed by atoms with Crippen molar-refractivity contribution >= 4 is 39.2 Å². The van der Waals surface area contributed by atoms with Gasteiger partial charge in [-0.15, -0.1) is 0 Å². The molecule has 0 aliphatic carbocycles. The molecule has 36 heavy (non-hydrogen) atoms. The van der Waals surface area contributed by atoms with Gasteiger partial charge in [-0.05, 0) is 68.5 Å². The van der Waals surface area contributed by atoms with Gasteiger partial charge in [-0.25, -0.2) is 13.2 Å². The Bertz CT molecular complexity index is 1280. The fourth-order valence-corrected chi connectivity index (χ4v) is 6.57. The van der Waals surface area contributed by atoms with Gasteiger partial charge in [-0.2, -0.15) is 4.31 Å². The third-order valence-corrected chi connectivity index (χ3v) is 8.49. The number of hydrogen-bond acceptors (Lipinski definition) is 6. The summed E-state index contributed by atoms with van der Waals surface area (Å²) in [5.41, 5.74) is -0.0508. The fraction of sp³-hybridized carbons (Fsp3) is 0.423. The van der Waals surface area contributed by atoms with E-state index >= 15 is 0 Å². The summed E-state index contributed by atoms with van der Waals surface area (Å²) in [4.78, 5) is 39.7. The van der Waals surface area contributed by atoms with E-state index in [0.717, 1.165) is 6.42 Å². The largest absolute Gasteiger partial charge is 0.452 e. The van der Waals surface area contributed by atoms with Crippen molar-refractivity contribution in [3.8, 4) is 0 Å². The molecule has 9 nitrogen and oxygen atoms in total. The number of ether oxygens (including phenoxy) is 1. The van der Waals surface area contributed by atoms with Crippen LogP contribution in [0.25, 0.3) is 0 Å². The van der Waals surface area contributed by atoms with Crippen LogP contribution < -0.4 is 10.2 Å². The van der Waals surface area contributed by atoms with Crippen molar-refractivity contribution in [2.75, 3.05) is 29.9 Å². The van der Waals surface area contributed by atoms with E-state index in [9.17, 15) is 22.8 Å². The molecule has 0 radical (unpaired) electrons. The Hall–Kier alpha value is -3.24. The van der Waals surface area contributed by atoms with Crippen LogP contribution in [0.3, 0.4) is 0 Å². The van der Waals surface area contributed by atoms with E-state index in [1.807, 2.05) is 13.8 Å². The van der Waals surface area contributed by atoms with Gasteiger partial charge in [0.15, 0.2) is 6.61 Å². The van der Waals surface area contributed by atoms with Crippen molar-refractivity contribution in [2.24, 2.45) is 11.8 Å². The number of nitrogens with one attached hydrogen (secondary N) is 1. The van der Waals surface area contributed by atoms with Gasteiger partial charge in [0, 0.05) is 13.1 Å². The summed E-state index contributed by atoms with van der Waals surface area (Å²) >= 11 is 0. The Labute approximate surface area is 211 Å². The zero-order chi connectivity index (χ0) is 26.3. The van der Waals surface area contributed by atoms with Gasteiger partial charge < -0.3 is 10.1 Å². The zero-order valence-corrected chi connectivity index (χ0v) is 21.7. The Balaban J connectivity index is 1.44. The Morgan fingerprint density at radius 2 is 1.64 bits per heavy atom. The fourth-order valence-electron chi connectivity index (χ4n) is 4.89. The highest BCUT2D eigenvalue weighted by molar-refractivity contribution is 7.89. The molecule has 4 rings (SSSR count). The summed E-state index contributed by atoms with van der Waals surface area (Å²) in [6.45, 7) is 7.65. The summed E-state index contributed by atoms with van der Waals surface area (Å²) in [6.07, 6.45) is 0.986. The summed E-state index contributed by atoms with van der Waals surface area (Å²) in [6, 6.07) is 12.4. The third-order valence-electron chi connectivity index (χ3n) is 6.65. The lowest BCUT2D eigenvalue weighted by Gasteiger charge is -2.41. The first-order chi connectivity index (χ1) is 16.9. The number of nitrogens with zero attached hydrogens (tertiary/aromatic N) is 2. The maximum Gasteiger partial charge on any atom is 0.338 e. The van der Waals surface area contributed by atoms with Crippen LogP contribution in [-0.2, 0) is 24.3 Å². The number of benzene rings is 2. The monoisotopic (exact) mass is 513 g/mol. The van der Waals surface area contributed by atoms with Gasteiger partial charge in [0.2, 0.25) is 15.9 Å². The first kappa shape index (κ1) is 25.8. The summed E-state index contributed by atoms with van der Waals surface area (Å²) in [5.74, 6) is -1.12. The van der Waals surface area contributed by atoms with Gasteiger partial charge in [-0.3, -0.25) is 14.5 Å². The van der Waals surface area contributed by atoms with E-state index in [1.54, 1.807) is 38.1 Å². The van der Waals surface area contributed by atoms with E-state index in [4.69, 9.17) is 4.74 Å². The molecule has 2 aromatic rings. The minimum Gasteiger partial charge on any atom is -0.452 e. The van der Waals surface area contributed by atoms with Crippen LogP contribution in [0.5, 0.6) is 0 Å². The highest BCUT2D eigenvalue weighted by Gasteiger charge is 2.43. The van der Waals surface area contributed by atoms with Gasteiger partial charge in [0.25, 0.3) is 5.91 Å². The number of rotatable bonds is 5. The molecule has 0 bridgehead atoms. The van der Waals surface area contributed by atoms with Crippen molar-refractivity contribution in [3.05, 3.63) is 54.1 Å². The SMILES string of the molecule is C[C@@H]1C[C@@H](C)CN(S(=O)(=O)c2ccc(C(=O)OCC(=O)N3c4ccccc4NC(=O)C3(C)C)cc2)C1. The lowest BCUT2D eigenvalue weighted by atomic mass is 9.94. The van der Waals surface area contributed by atoms with Gasteiger partial charge in [0.05, 0.1) is 21.8 Å². The average molecular weight is 514 g/mol. The summed E-state index contributed by atoms with van der Waals surface area (Å²) in [7, 11) is -3.67. The number of amides is 2. The molecule has 2 aliphatic heterocycles. The number of anilines is 2. The van der Waals surface area contributed by atoms with Crippen LogP contribution >= 0.6 is 0 Å². The van der Waals surface area contributed by atoms with Crippen LogP contribution in [0.1, 0.15) is 44.5 Å². The molecular weight excluding hydrogens is 482 g/mol. The average Bonchev–Trinajstić information content (AvgIpc) is 2.82. The summed E-state index contributed by atoms with van der Waals surface area (Å²) < 4.78 is 32.9. The molecule has 2 aliphatic rings. The van der Waals surface area contributed by atoms with Crippen LogP contribution in [0.4, 0.5) is 11.4 Å². The quantitative estimate of drug-likeness (QED) is 0.614. The van der Waals surface area contributed by atoms with Crippen molar-refractivity contribution in [1.29, 1.82) is 0 Å². The van der Waals surface area contributed by atoms with Crippen LogP contribution in [-0.4, -0.2) is 55.7 Å². The molecule has 2 heterocycles. The second-order valence-electron chi connectivity index (χ2n) is 10.1. The molecule has 0 unspecified atom stereocenters. The number of esters is 1. The van der Waals surface area contributed by atoms with E-state index in [0.29, 0.717) is 24.5 Å². The van der Waals surface area contributed by atoms with Crippen LogP contribution in [0.2, 0.25) is 0 Å². The minimum absolute atomic E-state index is 0.106. The van der Waals surface area contributed by atoms with E-state index in [1.165, 1.54) is 33.5 Å². The molecule has 0 spiro atoms. The Morgan fingerprint density at radius 1 is 1.03 bits per heavy atom. The van der Waals surface area contributed by atoms with Crippen molar-refractivity contribution in [3.63, 3.8) is 0 Å². The number of carbonyl (C=O) groups is 3. The van der Waals surface area contributed by atoms with Crippen molar-refractivity contribution in [1.82, 2.24) is 4.31 Å². The van der Waals surface area contributed by atoms with Crippen molar-refractivity contribution in [2.45, 2.75) is 44.6 Å². The van der Waals surface area contributed by atoms with E-state index < -0.39 is 34.0 Å². The molecule has 2 aromatic carbocycles. The first-order valence-electron chi connectivity index (χ1n) is 11.9. The van der Waals surface area contributed by atoms with Crippen molar-refractivity contribution < 1.29 is 27.5 Å². The highest BCUT2D eigenvalue weighted by atomic mass is 32.2. The number of piperidine rings is 1. The second kappa shape index (κ2) is 9.67. The molecular formula is C26H31N3O6S. The topological polar surface area (TPSA) is 113 Å². The molecule has 0 aromatic heterocycles. The van der Waals surface area contributed by atoms with Crippen LogP contribution in [0, 0.1) is 11.8 Å². The number of hydrogen-bond donors (Lipinski definition) is 1. The number of para-hydroxylation sites is 2. The normalized spacial score (nSPS) is 21.9. The van der Waals surface area contributed by atoms with E-state index in [2.05, 4.69) is 5.32 Å². The number of fused-ring (bicyclic) bond motifs is 1. The smallest absolute Gasteiger partial charge is 0.338 e. The number of carbonyl (C=O) groups excluding carboxylic acids is 3. The Kier molecular flexibility index (Phi) is 6.94. The lowest BCUT2D eigenvalue weighted by molar-refractivity contribution is -0.128. The second-order valence-corrected chi connectivity index (χ2v) is 12.1. The minimum atomic E-state index is -3.67. The predicted molar refractivity (Wildman–Crippen MR) is 135 cm³/mol. The zero-order valence-electron chi connectivity index (χ0n) is 20.9. The predicted octanol–water partition coefficient (Wildman–Crippen LogP) is 3.27. The van der Waals surface area contributed by atoms with Gasteiger partial charge >= 0.3 is 5.97 Å². The third kappa shape index (κ3) is 4.87. The molecule has 0 saturated carbocycles.